The Morgan fingerprint density at radius 2 is 0.636 bits per heavy atom. The van der Waals surface area contributed by atoms with Gasteiger partial charge in [0.05, 0.1) is 0 Å². The van der Waals surface area contributed by atoms with Crippen LogP contribution in [0.5, 0.6) is 0 Å². The third-order valence-electron chi connectivity index (χ3n) is 0.500. The Bertz CT molecular complexity index is 12.4. The molecule has 0 aromatic heterocycles. The SMILES string of the molecule is C.C.C.CCCC.[Y].[Y].[Y].[Y]. The molecule has 0 unspecified atom stereocenters. The molecule has 4 radical (unpaired) electrons. The van der Waals surface area contributed by atoms with Crippen LogP contribution in [0.15, 0.2) is 0 Å². The molecular weight excluding hydrogens is 440 g/mol. The molecule has 0 spiro atoms. The molecular formula is C7H22Y4. The number of hydrogen-bond acceptors (Lipinski definition) is 0. The molecule has 0 fully saturated rings. The van der Waals surface area contributed by atoms with Gasteiger partial charge in [-0.25, -0.2) is 0 Å². The minimum atomic E-state index is 0. The van der Waals surface area contributed by atoms with Gasteiger partial charge in [-0.05, 0) is 0 Å². The Kier molecular flexibility index (Phi) is 334. The van der Waals surface area contributed by atoms with Gasteiger partial charge in [0.1, 0.15) is 0 Å². The number of hydrogen-bond donors (Lipinski definition) is 0. The van der Waals surface area contributed by atoms with Crippen LogP contribution in [-0.2, 0) is 131 Å². The minimum Gasteiger partial charge on any atom is -0.0776 e. The molecule has 0 saturated carbocycles. The van der Waals surface area contributed by atoms with Gasteiger partial charge in [0.15, 0.2) is 0 Å². The van der Waals surface area contributed by atoms with Crippen molar-refractivity contribution in [3.63, 3.8) is 0 Å². The Morgan fingerprint density at radius 1 is 0.545 bits per heavy atom. The van der Waals surface area contributed by atoms with Gasteiger partial charge >= 0.3 is 0 Å². The molecule has 0 amide bonds. The Labute approximate surface area is 175 Å². The van der Waals surface area contributed by atoms with Gasteiger partial charge < -0.3 is 0 Å². The molecule has 0 aromatic carbocycles. The molecule has 0 atom stereocenters. The average Bonchev–Trinajstić information content (AvgIpc) is 1.37. The van der Waals surface area contributed by atoms with Gasteiger partial charge in [-0.15, -0.1) is 0 Å². The molecule has 0 aliphatic rings. The molecule has 4 heteroatoms. The second kappa shape index (κ2) is 63.0. The van der Waals surface area contributed by atoms with Crippen LogP contribution >= 0.6 is 0 Å². The van der Waals surface area contributed by atoms with Crippen LogP contribution in [0.1, 0.15) is 49.0 Å². The first kappa shape index (κ1) is 58.3. The zero-order valence-corrected chi connectivity index (χ0v) is 17.1. The summed E-state index contributed by atoms with van der Waals surface area (Å²) < 4.78 is 0. The van der Waals surface area contributed by atoms with Crippen molar-refractivity contribution in [2.45, 2.75) is 49.0 Å². The monoisotopic (exact) mass is 462 g/mol. The summed E-state index contributed by atoms with van der Waals surface area (Å²) in [6.07, 6.45) is 2.64. The van der Waals surface area contributed by atoms with Gasteiger partial charge in [-0.1, -0.05) is 49.0 Å². The summed E-state index contributed by atoms with van der Waals surface area (Å²) in [6, 6.07) is 0. The zero-order valence-electron chi connectivity index (χ0n) is 5.72. The molecule has 0 nitrogen and oxygen atoms in total. The van der Waals surface area contributed by atoms with Crippen LogP contribution in [0.2, 0.25) is 0 Å². The average molecular weight is 462 g/mol. The Morgan fingerprint density at radius 3 is 0.636 bits per heavy atom. The fourth-order valence-electron chi connectivity index (χ4n) is 0. The van der Waals surface area contributed by atoms with Crippen molar-refractivity contribution >= 4 is 0 Å². The smallest absolute Gasteiger partial charge is 0 e. The van der Waals surface area contributed by atoms with E-state index in [-0.39, 0.29) is 153 Å². The molecule has 11 heavy (non-hydrogen) atoms. The molecule has 0 aliphatic heterocycles. The maximum atomic E-state index is 2.18. The Balaban J connectivity index is -0.00000000214. The quantitative estimate of drug-likeness (QED) is 0.558. The summed E-state index contributed by atoms with van der Waals surface area (Å²) in [6.45, 7) is 4.36. The van der Waals surface area contributed by atoms with E-state index in [1.54, 1.807) is 0 Å². The first-order valence-corrected chi connectivity index (χ1v) is 1.91. The van der Waals surface area contributed by atoms with E-state index in [4.69, 9.17) is 0 Å². The van der Waals surface area contributed by atoms with Crippen LogP contribution in [0.4, 0.5) is 0 Å². The van der Waals surface area contributed by atoms with E-state index < -0.39 is 0 Å². The van der Waals surface area contributed by atoms with Crippen molar-refractivity contribution in [1.29, 1.82) is 0 Å². The summed E-state index contributed by atoms with van der Waals surface area (Å²) >= 11 is 0. The maximum Gasteiger partial charge on any atom is 0 e. The van der Waals surface area contributed by atoms with Crippen molar-refractivity contribution in [3.05, 3.63) is 0 Å². The van der Waals surface area contributed by atoms with Gasteiger partial charge in [0.2, 0.25) is 0 Å². The standard InChI is InChI=1S/C4H10.3CH4.4Y/c1-3-4-2;;;;;;;/h3-4H2,1-2H3;3*1H4;;;;. The van der Waals surface area contributed by atoms with Crippen LogP contribution in [0.3, 0.4) is 0 Å². The fourth-order valence-corrected chi connectivity index (χ4v) is 0. The summed E-state index contributed by atoms with van der Waals surface area (Å²) in [5.41, 5.74) is 0. The minimum absolute atomic E-state index is 0. The first-order chi connectivity index (χ1) is 1.91. The predicted molar refractivity (Wildman–Crippen MR) is 40.8 cm³/mol. The molecule has 0 aromatic rings. The van der Waals surface area contributed by atoms with Gasteiger partial charge in [0.25, 0.3) is 0 Å². The van der Waals surface area contributed by atoms with Crippen LogP contribution in [0.25, 0.3) is 0 Å². The first-order valence-electron chi connectivity index (χ1n) is 1.91. The van der Waals surface area contributed by atoms with E-state index in [1.165, 1.54) is 12.8 Å². The number of rotatable bonds is 1. The molecule has 0 saturated heterocycles. The molecule has 0 aliphatic carbocycles. The fraction of sp³-hybridized carbons (Fsp3) is 1.00. The zero-order chi connectivity index (χ0) is 3.41. The van der Waals surface area contributed by atoms with E-state index in [1.807, 2.05) is 0 Å². The molecule has 62 valence electrons. The second-order valence-corrected chi connectivity index (χ2v) is 1.000. The van der Waals surface area contributed by atoms with Crippen molar-refractivity contribution in [2.75, 3.05) is 0 Å². The Hall–Kier alpha value is 4.42. The van der Waals surface area contributed by atoms with E-state index in [0.717, 1.165) is 0 Å². The van der Waals surface area contributed by atoms with Crippen molar-refractivity contribution < 1.29 is 131 Å². The van der Waals surface area contributed by atoms with E-state index in [9.17, 15) is 0 Å². The van der Waals surface area contributed by atoms with E-state index in [0.29, 0.717) is 0 Å². The number of unbranched alkanes of at least 4 members (excludes halogenated alkanes) is 1. The van der Waals surface area contributed by atoms with Crippen molar-refractivity contribution in [3.8, 4) is 0 Å². The third-order valence-corrected chi connectivity index (χ3v) is 0.500. The van der Waals surface area contributed by atoms with Crippen LogP contribution in [0, 0.1) is 0 Å². The predicted octanol–water partition coefficient (Wildman–Crippen LogP) is 3.70. The summed E-state index contributed by atoms with van der Waals surface area (Å²) in [4.78, 5) is 0. The molecule has 0 heterocycles. The second-order valence-electron chi connectivity index (χ2n) is 1.000. The van der Waals surface area contributed by atoms with E-state index in [2.05, 4.69) is 13.8 Å². The van der Waals surface area contributed by atoms with E-state index >= 15 is 0 Å². The van der Waals surface area contributed by atoms with Gasteiger partial charge in [-0.3, -0.25) is 0 Å². The maximum absolute atomic E-state index is 2.18. The summed E-state index contributed by atoms with van der Waals surface area (Å²) in [5.74, 6) is 0. The third kappa shape index (κ3) is 75.8. The molecule has 0 bridgehead atoms. The summed E-state index contributed by atoms with van der Waals surface area (Å²) in [5, 5.41) is 0. The van der Waals surface area contributed by atoms with Crippen molar-refractivity contribution in [1.82, 2.24) is 0 Å². The summed E-state index contributed by atoms with van der Waals surface area (Å²) in [7, 11) is 0. The largest absolute Gasteiger partial charge is 0.0776 e. The van der Waals surface area contributed by atoms with Crippen molar-refractivity contribution in [2.24, 2.45) is 0 Å². The normalized spacial score (nSPS) is 2.73. The van der Waals surface area contributed by atoms with Crippen LogP contribution < -0.4 is 0 Å². The topological polar surface area (TPSA) is 0 Å². The van der Waals surface area contributed by atoms with Gasteiger partial charge in [0, 0.05) is 131 Å². The van der Waals surface area contributed by atoms with Crippen LogP contribution in [-0.4, -0.2) is 0 Å². The molecule has 0 N–H and O–H groups in total. The van der Waals surface area contributed by atoms with Gasteiger partial charge in [-0.2, -0.15) is 0 Å². The molecule has 0 rings (SSSR count).